The van der Waals surface area contributed by atoms with Crippen LogP contribution in [0.5, 0.6) is 5.75 Å². The Morgan fingerprint density at radius 3 is 2.75 bits per heavy atom. The van der Waals surface area contributed by atoms with Gasteiger partial charge in [0.25, 0.3) is 0 Å². The lowest BCUT2D eigenvalue weighted by molar-refractivity contribution is 0.330. The lowest BCUT2D eigenvalue weighted by Gasteiger charge is -2.11. The third-order valence-corrected chi connectivity index (χ3v) is 3.43. The van der Waals surface area contributed by atoms with Crippen LogP contribution in [-0.4, -0.2) is 23.1 Å². The molecule has 2 rings (SSSR count). The van der Waals surface area contributed by atoms with Gasteiger partial charge >= 0.3 is 0 Å². The molecule has 0 aliphatic rings. The van der Waals surface area contributed by atoms with Crippen molar-refractivity contribution < 1.29 is 4.74 Å². The van der Waals surface area contributed by atoms with E-state index in [4.69, 9.17) is 27.9 Å². The van der Waals surface area contributed by atoms with Crippen molar-refractivity contribution in [3.8, 4) is 5.75 Å². The van der Waals surface area contributed by atoms with Gasteiger partial charge in [-0.3, -0.25) is 0 Å². The molecule has 0 saturated heterocycles. The molecular formula is C14H15Cl2N3O. The standard InChI is InChI=1S/C14H15Cl2N3O/c1-9-7-11(15)3-4-12(9)20-6-5-17-14-10(2)13(16)18-8-19-14/h3-4,7-8H,5-6H2,1-2H3,(H,17,18,19). The van der Waals surface area contributed by atoms with Crippen molar-refractivity contribution in [3.63, 3.8) is 0 Å². The molecule has 0 radical (unpaired) electrons. The Morgan fingerprint density at radius 2 is 2.00 bits per heavy atom. The van der Waals surface area contributed by atoms with E-state index in [0.29, 0.717) is 23.3 Å². The highest BCUT2D eigenvalue weighted by Crippen LogP contribution is 2.22. The van der Waals surface area contributed by atoms with Gasteiger partial charge in [-0.05, 0) is 37.6 Å². The van der Waals surface area contributed by atoms with E-state index in [9.17, 15) is 0 Å². The molecule has 0 fully saturated rings. The number of nitrogens with one attached hydrogen (secondary N) is 1. The second-order valence-electron chi connectivity index (χ2n) is 4.32. The predicted octanol–water partition coefficient (Wildman–Crippen LogP) is 3.89. The highest BCUT2D eigenvalue weighted by atomic mass is 35.5. The summed E-state index contributed by atoms with van der Waals surface area (Å²) >= 11 is 11.8. The van der Waals surface area contributed by atoms with Crippen molar-refractivity contribution in [2.24, 2.45) is 0 Å². The minimum atomic E-state index is 0.456. The largest absolute Gasteiger partial charge is 0.491 e. The molecule has 2 aromatic rings. The fourth-order valence-corrected chi connectivity index (χ4v) is 2.07. The Morgan fingerprint density at radius 1 is 1.20 bits per heavy atom. The highest BCUT2D eigenvalue weighted by Gasteiger charge is 2.04. The topological polar surface area (TPSA) is 47.0 Å². The number of hydrogen-bond acceptors (Lipinski definition) is 4. The average molecular weight is 312 g/mol. The molecule has 20 heavy (non-hydrogen) atoms. The van der Waals surface area contributed by atoms with Crippen molar-refractivity contribution in [1.29, 1.82) is 0 Å². The van der Waals surface area contributed by atoms with Gasteiger partial charge in [-0.25, -0.2) is 9.97 Å². The number of benzene rings is 1. The maximum atomic E-state index is 5.92. The van der Waals surface area contributed by atoms with Gasteiger partial charge in [0.05, 0.1) is 6.54 Å². The SMILES string of the molecule is Cc1cc(Cl)ccc1OCCNc1ncnc(Cl)c1C. The minimum absolute atomic E-state index is 0.456. The van der Waals surface area contributed by atoms with Crippen LogP contribution in [-0.2, 0) is 0 Å². The van der Waals surface area contributed by atoms with Crippen LogP contribution >= 0.6 is 23.2 Å². The first-order valence-corrected chi connectivity index (χ1v) is 6.93. The quantitative estimate of drug-likeness (QED) is 0.672. The molecule has 1 aromatic carbocycles. The molecule has 0 unspecified atom stereocenters. The molecule has 0 aliphatic carbocycles. The molecule has 0 aliphatic heterocycles. The number of ether oxygens (including phenoxy) is 1. The predicted molar refractivity (Wildman–Crippen MR) is 82.0 cm³/mol. The van der Waals surface area contributed by atoms with Crippen LogP contribution in [0.3, 0.4) is 0 Å². The Kier molecular flexibility index (Phi) is 5.04. The summed E-state index contributed by atoms with van der Waals surface area (Å²) in [6, 6.07) is 5.55. The van der Waals surface area contributed by atoms with Gasteiger partial charge in [-0.15, -0.1) is 0 Å². The van der Waals surface area contributed by atoms with Crippen LogP contribution in [0, 0.1) is 13.8 Å². The first kappa shape index (κ1) is 14.9. The Balaban J connectivity index is 1.86. The van der Waals surface area contributed by atoms with Crippen molar-refractivity contribution in [2.75, 3.05) is 18.5 Å². The van der Waals surface area contributed by atoms with Crippen molar-refractivity contribution in [2.45, 2.75) is 13.8 Å². The van der Waals surface area contributed by atoms with Crippen LogP contribution in [0.4, 0.5) is 5.82 Å². The first-order valence-electron chi connectivity index (χ1n) is 6.18. The highest BCUT2D eigenvalue weighted by molar-refractivity contribution is 6.30. The fourth-order valence-electron chi connectivity index (χ4n) is 1.71. The van der Waals surface area contributed by atoms with Crippen molar-refractivity contribution >= 4 is 29.0 Å². The van der Waals surface area contributed by atoms with Crippen LogP contribution in [0.1, 0.15) is 11.1 Å². The van der Waals surface area contributed by atoms with Crippen LogP contribution in [0.2, 0.25) is 10.2 Å². The maximum absolute atomic E-state index is 5.92. The molecule has 4 nitrogen and oxygen atoms in total. The molecule has 1 N–H and O–H groups in total. The molecule has 0 atom stereocenters. The molecule has 0 saturated carbocycles. The third kappa shape index (κ3) is 3.74. The van der Waals surface area contributed by atoms with Crippen LogP contribution < -0.4 is 10.1 Å². The summed E-state index contributed by atoms with van der Waals surface area (Å²) in [6.07, 6.45) is 1.43. The molecule has 6 heteroatoms. The van der Waals surface area contributed by atoms with E-state index in [1.807, 2.05) is 32.0 Å². The lowest BCUT2D eigenvalue weighted by atomic mass is 10.2. The number of halogens is 2. The lowest BCUT2D eigenvalue weighted by Crippen LogP contribution is -2.13. The monoisotopic (exact) mass is 311 g/mol. The number of aromatic nitrogens is 2. The average Bonchev–Trinajstić information content (AvgIpc) is 2.41. The van der Waals surface area contributed by atoms with E-state index in [1.54, 1.807) is 0 Å². The maximum Gasteiger partial charge on any atom is 0.137 e. The number of rotatable bonds is 5. The zero-order chi connectivity index (χ0) is 14.5. The van der Waals surface area contributed by atoms with E-state index in [2.05, 4.69) is 15.3 Å². The van der Waals surface area contributed by atoms with E-state index >= 15 is 0 Å². The molecule has 106 valence electrons. The van der Waals surface area contributed by atoms with Gasteiger partial charge in [0.15, 0.2) is 0 Å². The van der Waals surface area contributed by atoms with E-state index in [1.165, 1.54) is 6.33 Å². The van der Waals surface area contributed by atoms with E-state index in [0.717, 1.165) is 22.7 Å². The zero-order valence-electron chi connectivity index (χ0n) is 11.3. The molecule has 0 spiro atoms. The molecule has 0 amide bonds. The van der Waals surface area contributed by atoms with E-state index < -0.39 is 0 Å². The molecule has 1 aromatic heterocycles. The fraction of sp³-hybridized carbons (Fsp3) is 0.286. The summed E-state index contributed by atoms with van der Waals surface area (Å²) in [5.74, 6) is 1.55. The van der Waals surface area contributed by atoms with Gasteiger partial charge in [-0.2, -0.15) is 0 Å². The van der Waals surface area contributed by atoms with Gasteiger partial charge in [0.1, 0.15) is 29.7 Å². The van der Waals surface area contributed by atoms with Gasteiger partial charge in [0, 0.05) is 10.6 Å². The van der Waals surface area contributed by atoms with Gasteiger partial charge in [-0.1, -0.05) is 23.2 Å². The second kappa shape index (κ2) is 6.77. The summed E-state index contributed by atoms with van der Waals surface area (Å²) in [7, 11) is 0. The summed E-state index contributed by atoms with van der Waals surface area (Å²) in [4.78, 5) is 8.04. The Hall–Kier alpha value is -1.52. The van der Waals surface area contributed by atoms with Crippen LogP contribution in [0.15, 0.2) is 24.5 Å². The number of aryl methyl sites for hydroxylation is 1. The van der Waals surface area contributed by atoms with Crippen molar-refractivity contribution in [1.82, 2.24) is 9.97 Å². The summed E-state index contributed by atoms with van der Waals surface area (Å²) in [5.41, 5.74) is 1.84. The first-order chi connectivity index (χ1) is 9.58. The Bertz CT molecular complexity index is 605. The minimum Gasteiger partial charge on any atom is -0.491 e. The summed E-state index contributed by atoms with van der Waals surface area (Å²) < 4.78 is 5.69. The third-order valence-electron chi connectivity index (χ3n) is 2.81. The number of anilines is 1. The van der Waals surface area contributed by atoms with Crippen LogP contribution in [0.25, 0.3) is 0 Å². The van der Waals surface area contributed by atoms with E-state index in [-0.39, 0.29) is 0 Å². The number of nitrogens with zero attached hydrogens (tertiary/aromatic N) is 2. The normalized spacial score (nSPS) is 10.4. The Labute approximate surface area is 128 Å². The molecule has 1 heterocycles. The molecular weight excluding hydrogens is 297 g/mol. The van der Waals surface area contributed by atoms with Gasteiger partial charge < -0.3 is 10.1 Å². The summed E-state index contributed by atoms with van der Waals surface area (Å²) in [6.45, 7) is 4.97. The smallest absolute Gasteiger partial charge is 0.137 e. The molecule has 0 bridgehead atoms. The van der Waals surface area contributed by atoms with Gasteiger partial charge in [0.2, 0.25) is 0 Å². The van der Waals surface area contributed by atoms with Crippen molar-refractivity contribution in [3.05, 3.63) is 45.8 Å². The zero-order valence-corrected chi connectivity index (χ0v) is 12.8. The number of hydrogen-bond donors (Lipinski definition) is 1. The summed E-state index contributed by atoms with van der Waals surface area (Å²) in [5, 5.41) is 4.33. The second-order valence-corrected chi connectivity index (χ2v) is 5.12.